The van der Waals surface area contributed by atoms with Gasteiger partial charge in [0.25, 0.3) is 0 Å². The van der Waals surface area contributed by atoms with Gasteiger partial charge in [0, 0.05) is 19.5 Å². The molecule has 0 rings (SSSR count). The first-order valence-electron chi connectivity index (χ1n) is 4.70. The van der Waals surface area contributed by atoms with Crippen LogP contribution in [-0.4, -0.2) is 48.0 Å². The zero-order valence-electron chi connectivity index (χ0n) is 8.40. The number of carboxylic acid groups (broad SMARTS) is 1. The van der Waals surface area contributed by atoms with Gasteiger partial charge in [-0.2, -0.15) is 0 Å². The monoisotopic (exact) mass is 219 g/mol. The van der Waals surface area contributed by atoms with Crippen molar-refractivity contribution < 1.29 is 19.8 Å². The van der Waals surface area contributed by atoms with Gasteiger partial charge >= 0.3 is 12.0 Å². The number of carbonyl (C=O) groups is 2. The van der Waals surface area contributed by atoms with Gasteiger partial charge in [0.1, 0.15) is 0 Å². The topological polar surface area (TPSA) is 125 Å². The maximum absolute atomic E-state index is 11.0. The van der Waals surface area contributed by atoms with Gasteiger partial charge in [0.2, 0.25) is 0 Å². The fourth-order valence-electron chi connectivity index (χ4n) is 0.812. The van der Waals surface area contributed by atoms with E-state index in [-0.39, 0.29) is 19.0 Å². The molecule has 0 aromatic rings. The molecule has 0 bridgehead atoms. The standard InChI is InChI=1S/C8H17N3O4/c9-3-1-4-10-8(15)11-5-2-6(12)7(13)14/h6,12H,1-5,9H2,(H,13,14)(H2,10,11,15). The Balaban J connectivity index is 3.42. The first-order valence-corrected chi connectivity index (χ1v) is 4.70. The van der Waals surface area contributed by atoms with E-state index in [2.05, 4.69) is 10.6 Å². The number of rotatable bonds is 7. The van der Waals surface area contributed by atoms with Gasteiger partial charge < -0.3 is 26.6 Å². The molecule has 0 aromatic carbocycles. The molecule has 0 saturated heterocycles. The van der Waals surface area contributed by atoms with Gasteiger partial charge in [0.05, 0.1) is 0 Å². The predicted octanol–water partition coefficient (Wildman–Crippen LogP) is -1.53. The highest BCUT2D eigenvalue weighted by atomic mass is 16.4. The Morgan fingerprint density at radius 2 is 1.87 bits per heavy atom. The minimum Gasteiger partial charge on any atom is -0.479 e. The van der Waals surface area contributed by atoms with Crippen molar-refractivity contribution in [1.82, 2.24) is 10.6 Å². The number of aliphatic carboxylic acids is 1. The number of amides is 2. The molecule has 6 N–H and O–H groups in total. The van der Waals surface area contributed by atoms with Gasteiger partial charge in [-0.25, -0.2) is 9.59 Å². The van der Waals surface area contributed by atoms with E-state index in [1.807, 2.05) is 0 Å². The van der Waals surface area contributed by atoms with E-state index in [0.29, 0.717) is 19.5 Å². The van der Waals surface area contributed by atoms with Gasteiger partial charge in [-0.15, -0.1) is 0 Å². The number of nitrogens with two attached hydrogens (primary N) is 1. The van der Waals surface area contributed by atoms with Crippen LogP contribution in [0.1, 0.15) is 12.8 Å². The fraction of sp³-hybridized carbons (Fsp3) is 0.750. The Labute approximate surface area is 87.6 Å². The van der Waals surface area contributed by atoms with E-state index in [1.165, 1.54) is 0 Å². The molecule has 7 heteroatoms. The summed E-state index contributed by atoms with van der Waals surface area (Å²) >= 11 is 0. The number of hydrogen-bond acceptors (Lipinski definition) is 4. The van der Waals surface area contributed by atoms with Crippen LogP contribution in [0.25, 0.3) is 0 Å². The lowest BCUT2D eigenvalue weighted by atomic mass is 10.2. The normalized spacial score (nSPS) is 11.9. The second kappa shape index (κ2) is 8.01. The summed E-state index contributed by atoms with van der Waals surface area (Å²) < 4.78 is 0. The average molecular weight is 219 g/mol. The maximum Gasteiger partial charge on any atom is 0.332 e. The number of aliphatic hydroxyl groups excluding tert-OH is 1. The second-order valence-corrected chi connectivity index (χ2v) is 2.97. The Bertz CT molecular complexity index is 210. The molecule has 0 fully saturated rings. The minimum absolute atomic E-state index is 0.0142. The molecule has 88 valence electrons. The number of carbonyl (C=O) groups excluding carboxylic acids is 1. The molecule has 0 aromatic heterocycles. The van der Waals surface area contributed by atoms with Crippen LogP contribution in [-0.2, 0) is 4.79 Å². The third-order valence-electron chi connectivity index (χ3n) is 1.65. The first-order chi connectivity index (χ1) is 7.07. The summed E-state index contributed by atoms with van der Waals surface area (Å²) in [5.41, 5.74) is 5.22. The van der Waals surface area contributed by atoms with Crippen LogP contribution in [0.4, 0.5) is 4.79 Å². The number of hydrogen-bond donors (Lipinski definition) is 5. The molecule has 15 heavy (non-hydrogen) atoms. The van der Waals surface area contributed by atoms with E-state index in [4.69, 9.17) is 15.9 Å². The van der Waals surface area contributed by atoms with E-state index in [0.717, 1.165) is 0 Å². The molecule has 0 aliphatic rings. The molecule has 0 heterocycles. The highest BCUT2D eigenvalue weighted by Gasteiger charge is 2.12. The van der Waals surface area contributed by atoms with Gasteiger partial charge in [-0.05, 0) is 13.0 Å². The van der Waals surface area contributed by atoms with Crippen LogP contribution in [0, 0.1) is 0 Å². The maximum atomic E-state index is 11.0. The molecule has 7 nitrogen and oxygen atoms in total. The summed E-state index contributed by atoms with van der Waals surface area (Å²) in [6.07, 6.45) is -0.764. The largest absolute Gasteiger partial charge is 0.479 e. The van der Waals surface area contributed by atoms with Crippen LogP contribution < -0.4 is 16.4 Å². The SMILES string of the molecule is NCCCNC(=O)NCCC(O)C(=O)O. The molecule has 1 unspecified atom stereocenters. The van der Waals surface area contributed by atoms with Crippen molar-refractivity contribution in [2.24, 2.45) is 5.73 Å². The number of nitrogens with one attached hydrogen (secondary N) is 2. The third kappa shape index (κ3) is 7.71. The molecule has 0 saturated carbocycles. The quantitative estimate of drug-likeness (QED) is 0.332. The summed E-state index contributed by atoms with van der Waals surface area (Å²) in [7, 11) is 0. The van der Waals surface area contributed by atoms with E-state index < -0.39 is 12.1 Å². The van der Waals surface area contributed by atoms with Crippen LogP contribution in [0.2, 0.25) is 0 Å². The lowest BCUT2D eigenvalue weighted by Gasteiger charge is -2.08. The molecule has 0 radical (unpaired) electrons. The molecular weight excluding hydrogens is 202 g/mol. The van der Waals surface area contributed by atoms with Crippen molar-refractivity contribution in [2.75, 3.05) is 19.6 Å². The van der Waals surface area contributed by atoms with Crippen molar-refractivity contribution in [3.8, 4) is 0 Å². The zero-order chi connectivity index (χ0) is 11.7. The average Bonchev–Trinajstić information content (AvgIpc) is 2.18. The number of aliphatic hydroxyl groups is 1. The Morgan fingerprint density at radius 3 is 2.40 bits per heavy atom. The van der Waals surface area contributed by atoms with Crippen LogP contribution in [0.15, 0.2) is 0 Å². The Hall–Kier alpha value is -1.34. The molecule has 2 amide bonds. The van der Waals surface area contributed by atoms with E-state index in [9.17, 15) is 9.59 Å². The highest BCUT2D eigenvalue weighted by molar-refractivity contribution is 5.74. The van der Waals surface area contributed by atoms with Crippen LogP contribution >= 0.6 is 0 Å². The summed E-state index contributed by atoms with van der Waals surface area (Å²) in [5.74, 6) is -1.29. The van der Waals surface area contributed by atoms with Crippen molar-refractivity contribution in [3.63, 3.8) is 0 Å². The molecule has 0 spiro atoms. The van der Waals surface area contributed by atoms with E-state index >= 15 is 0 Å². The van der Waals surface area contributed by atoms with Crippen molar-refractivity contribution in [1.29, 1.82) is 0 Å². The third-order valence-corrected chi connectivity index (χ3v) is 1.65. The van der Waals surface area contributed by atoms with Crippen LogP contribution in [0.5, 0.6) is 0 Å². The predicted molar refractivity (Wildman–Crippen MR) is 53.3 cm³/mol. The molecule has 1 atom stereocenters. The van der Waals surface area contributed by atoms with Crippen molar-refractivity contribution >= 4 is 12.0 Å². The number of carboxylic acids is 1. The minimum atomic E-state index is -1.44. The second-order valence-electron chi connectivity index (χ2n) is 2.97. The van der Waals surface area contributed by atoms with Crippen molar-refractivity contribution in [2.45, 2.75) is 18.9 Å². The summed E-state index contributed by atoms with van der Waals surface area (Å²) in [4.78, 5) is 21.2. The van der Waals surface area contributed by atoms with E-state index in [1.54, 1.807) is 0 Å². The molecular formula is C8H17N3O4. The summed E-state index contributed by atoms with van der Waals surface area (Å²) in [6.45, 7) is 1.09. The number of urea groups is 1. The highest BCUT2D eigenvalue weighted by Crippen LogP contribution is 1.88. The Kier molecular flexibility index (Phi) is 7.29. The fourth-order valence-corrected chi connectivity index (χ4v) is 0.812. The molecule has 0 aliphatic carbocycles. The smallest absolute Gasteiger partial charge is 0.332 e. The lowest BCUT2D eigenvalue weighted by molar-refractivity contribution is -0.146. The van der Waals surface area contributed by atoms with Crippen molar-refractivity contribution in [3.05, 3.63) is 0 Å². The first kappa shape index (κ1) is 13.7. The summed E-state index contributed by atoms with van der Waals surface area (Å²) in [6, 6.07) is -0.388. The lowest BCUT2D eigenvalue weighted by Crippen LogP contribution is -2.38. The van der Waals surface area contributed by atoms with Gasteiger partial charge in [-0.3, -0.25) is 0 Å². The Morgan fingerprint density at radius 1 is 1.27 bits per heavy atom. The van der Waals surface area contributed by atoms with Crippen LogP contribution in [0.3, 0.4) is 0 Å². The zero-order valence-corrected chi connectivity index (χ0v) is 8.40. The summed E-state index contributed by atoms with van der Waals surface area (Å²) in [5, 5.41) is 22.1. The van der Waals surface area contributed by atoms with Gasteiger partial charge in [-0.1, -0.05) is 0 Å². The molecule has 0 aliphatic heterocycles. The van der Waals surface area contributed by atoms with Gasteiger partial charge in [0.15, 0.2) is 6.10 Å².